The first-order valence-electron chi connectivity index (χ1n) is 8.95. The molecule has 1 heterocycles. The predicted octanol–water partition coefficient (Wildman–Crippen LogP) is 3.45. The second-order valence-corrected chi connectivity index (χ2v) is 6.30. The zero-order valence-corrected chi connectivity index (χ0v) is 16.1. The molecule has 8 heteroatoms. The third-order valence-corrected chi connectivity index (χ3v) is 4.46. The van der Waals surface area contributed by atoms with Crippen molar-refractivity contribution in [2.75, 3.05) is 6.86 Å². The Morgan fingerprint density at radius 1 is 1.25 bits per heavy atom. The van der Waals surface area contributed by atoms with E-state index >= 15 is 0 Å². The van der Waals surface area contributed by atoms with E-state index < -0.39 is 6.86 Å². The number of oxime groups is 1. The van der Waals surface area contributed by atoms with Crippen LogP contribution in [-0.2, 0) is 18.5 Å². The molecule has 0 fully saturated rings. The maximum atomic E-state index is 12.4. The Labute approximate surface area is 161 Å². The SMILES string of the molecule is CC/C(=N\OCc1c(C)cccc1-n1[nH]n(C)c1=O)c1cccc(OCF)c1. The number of hydrogen-bond acceptors (Lipinski definition) is 4. The maximum Gasteiger partial charge on any atom is 0.364 e. The molecule has 0 amide bonds. The van der Waals surface area contributed by atoms with Crippen LogP contribution in [0.5, 0.6) is 5.75 Å². The molecule has 0 radical (unpaired) electrons. The Hall–Kier alpha value is -3.29. The lowest BCUT2D eigenvalue weighted by Gasteiger charge is -2.18. The van der Waals surface area contributed by atoms with Crippen molar-refractivity contribution in [3.05, 3.63) is 69.6 Å². The number of ether oxygens (including phenoxy) is 1. The number of hydrogen-bond donors (Lipinski definition) is 1. The predicted molar refractivity (Wildman–Crippen MR) is 105 cm³/mol. The van der Waals surface area contributed by atoms with Crippen LogP contribution >= 0.6 is 0 Å². The fourth-order valence-electron chi connectivity index (χ4n) is 2.91. The molecule has 0 unspecified atom stereocenters. The fraction of sp³-hybridized carbons (Fsp3) is 0.300. The van der Waals surface area contributed by atoms with Crippen LogP contribution in [0.3, 0.4) is 0 Å². The highest BCUT2D eigenvalue weighted by molar-refractivity contribution is 6.00. The normalized spacial score (nSPS) is 11.6. The van der Waals surface area contributed by atoms with Gasteiger partial charge in [0.1, 0.15) is 12.4 Å². The number of nitrogens with zero attached hydrogens (tertiary/aromatic N) is 3. The van der Waals surface area contributed by atoms with Crippen molar-refractivity contribution in [3.63, 3.8) is 0 Å². The Kier molecular flexibility index (Phi) is 5.98. The molecule has 0 saturated heterocycles. The summed E-state index contributed by atoms with van der Waals surface area (Å²) >= 11 is 0. The summed E-state index contributed by atoms with van der Waals surface area (Å²) in [7, 11) is 1.66. The Morgan fingerprint density at radius 2 is 2.04 bits per heavy atom. The largest absolute Gasteiger partial charge is 0.463 e. The van der Waals surface area contributed by atoms with E-state index in [0.29, 0.717) is 12.2 Å². The van der Waals surface area contributed by atoms with E-state index in [9.17, 15) is 9.18 Å². The average molecular weight is 386 g/mol. The van der Waals surface area contributed by atoms with E-state index in [1.165, 1.54) is 9.36 Å². The number of nitrogens with one attached hydrogen (secondary N) is 1. The second-order valence-electron chi connectivity index (χ2n) is 6.30. The smallest absolute Gasteiger partial charge is 0.364 e. The number of rotatable bonds is 8. The number of halogens is 1. The van der Waals surface area contributed by atoms with Gasteiger partial charge >= 0.3 is 5.69 Å². The first-order valence-corrected chi connectivity index (χ1v) is 8.95. The first-order chi connectivity index (χ1) is 13.5. The van der Waals surface area contributed by atoms with Gasteiger partial charge in [-0.25, -0.2) is 19.1 Å². The Morgan fingerprint density at radius 3 is 2.71 bits per heavy atom. The minimum absolute atomic E-state index is 0.144. The van der Waals surface area contributed by atoms with Crippen LogP contribution in [0.2, 0.25) is 0 Å². The molecule has 0 aliphatic heterocycles. The second kappa shape index (κ2) is 8.60. The quantitative estimate of drug-likeness (QED) is 0.476. The van der Waals surface area contributed by atoms with Gasteiger partial charge in [0.25, 0.3) is 0 Å². The van der Waals surface area contributed by atoms with Crippen LogP contribution in [0, 0.1) is 6.92 Å². The summed E-state index contributed by atoms with van der Waals surface area (Å²) in [5.41, 5.74) is 3.97. The van der Waals surface area contributed by atoms with Crippen molar-refractivity contribution < 1.29 is 14.0 Å². The Bertz CT molecular complexity index is 1030. The van der Waals surface area contributed by atoms with Crippen LogP contribution in [-0.4, -0.2) is 27.1 Å². The van der Waals surface area contributed by atoms with Crippen molar-refractivity contribution >= 4 is 5.71 Å². The van der Waals surface area contributed by atoms with Crippen molar-refractivity contribution in [1.29, 1.82) is 0 Å². The summed E-state index contributed by atoms with van der Waals surface area (Å²) < 4.78 is 20.2. The van der Waals surface area contributed by atoms with Crippen molar-refractivity contribution in [1.82, 2.24) is 14.6 Å². The third-order valence-electron chi connectivity index (χ3n) is 4.46. The van der Waals surface area contributed by atoms with Crippen molar-refractivity contribution in [3.8, 4) is 11.4 Å². The highest BCUT2D eigenvalue weighted by Gasteiger charge is 2.14. The number of aromatic amines is 1. The van der Waals surface area contributed by atoms with Gasteiger partial charge in [-0.2, -0.15) is 4.68 Å². The van der Waals surface area contributed by atoms with E-state index in [1.807, 2.05) is 38.1 Å². The number of aryl methyl sites for hydroxylation is 2. The van der Waals surface area contributed by atoms with Crippen LogP contribution < -0.4 is 10.4 Å². The molecule has 1 aromatic heterocycles. The molecular weight excluding hydrogens is 363 g/mol. The Balaban J connectivity index is 1.81. The van der Waals surface area contributed by atoms with E-state index in [2.05, 4.69) is 10.4 Å². The molecule has 0 saturated carbocycles. The molecule has 28 heavy (non-hydrogen) atoms. The van der Waals surface area contributed by atoms with E-state index in [4.69, 9.17) is 9.57 Å². The minimum atomic E-state index is -0.882. The zero-order chi connectivity index (χ0) is 20.1. The van der Waals surface area contributed by atoms with Gasteiger partial charge in [0, 0.05) is 18.2 Å². The van der Waals surface area contributed by atoms with Crippen LogP contribution in [0.1, 0.15) is 30.0 Å². The molecule has 3 aromatic rings. The lowest BCUT2D eigenvalue weighted by Crippen LogP contribution is -2.40. The molecule has 2 aromatic carbocycles. The first kappa shape index (κ1) is 19.5. The topological polar surface area (TPSA) is 73.5 Å². The fourth-order valence-corrected chi connectivity index (χ4v) is 2.91. The van der Waals surface area contributed by atoms with Gasteiger partial charge < -0.3 is 9.57 Å². The van der Waals surface area contributed by atoms with Gasteiger partial charge in [0.05, 0.1) is 11.4 Å². The van der Waals surface area contributed by atoms with Gasteiger partial charge in [-0.05, 0) is 37.1 Å². The van der Waals surface area contributed by atoms with E-state index in [-0.39, 0.29) is 12.3 Å². The lowest BCUT2D eigenvalue weighted by molar-refractivity contribution is 0.129. The lowest BCUT2D eigenvalue weighted by atomic mass is 10.1. The molecule has 0 atom stereocenters. The highest BCUT2D eigenvalue weighted by atomic mass is 19.1. The molecule has 0 bridgehead atoms. The molecule has 1 N–H and O–H groups in total. The maximum absolute atomic E-state index is 12.4. The number of aromatic nitrogens is 3. The third kappa shape index (κ3) is 4.00. The summed E-state index contributed by atoms with van der Waals surface area (Å²) in [5, 5.41) is 7.17. The summed E-state index contributed by atoms with van der Waals surface area (Å²) in [5.74, 6) is 0.439. The summed E-state index contributed by atoms with van der Waals surface area (Å²) in [6.45, 7) is 3.25. The average Bonchev–Trinajstić information content (AvgIpc) is 2.70. The monoisotopic (exact) mass is 386 g/mol. The molecule has 148 valence electrons. The van der Waals surface area contributed by atoms with Crippen LogP contribution in [0.4, 0.5) is 4.39 Å². The summed E-state index contributed by atoms with van der Waals surface area (Å²) in [4.78, 5) is 17.6. The van der Waals surface area contributed by atoms with Crippen LogP contribution in [0.15, 0.2) is 52.4 Å². The van der Waals surface area contributed by atoms with Gasteiger partial charge in [-0.1, -0.05) is 36.3 Å². The number of benzene rings is 2. The molecule has 3 rings (SSSR count). The van der Waals surface area contributed by atoms with E-state index in [1.54, 1.807) is 25.2 Å². The molecule has 0 spiro atoms. The molecule has 0 aliphatic rings. The molecule has 0 aliphatic carbocycles. The minimum Gasteiger partial charge on any atom is -0.463 e. The highest BCUT2D eigenvalue weighted by Crippen LogP contribution is 2.19. The van der Waals surface area contributed by atoms with Gasteiger partial charge in [0.15, 0.2) is 0 Å². The van der Waals surface area contributed by atoms with Crippen molar-refractivity contribution in [2.24, 2.45) is 12.2 Å². The zero-order valence-electron chi connectivity index (χ0n) is 16.1. The molecule has 7 nitrogen and oxygen atoms in total. The van der Waals surface area contributed by atoms with Gasteiger partial charge in [0.2, 0.25) is 6.86 Å². The van der Waals surface area contributed by atoms with Gasteiger partial charge in [-0.15, -0.1) is 0 Å². The van der Waals surface area contributed by atoms with E-state index in [0.717, 1.165) is 28.1 Å². The van der Waals surface area contributed by atoms with Crippen LogP contribution in [0.25, 0.3) is 5.69 Å². The summed E-state index contributed by atoms with van der Waals surface area (Å²) in [6, 6.07) is 12.8. The standard InChI is InChI=1S/C20H23FN4O3/c1-4-18(15-8-6-9-16(11-15)27-13-21)22-28-12-17-14(2)7-5-10-19(17)25-20(26)24(3)23-25/h5-11,23H,4,12-13H2,1-3H3/b22-18+. The van der Waals surface area contributed by atoms with Crippen molar-refractivity contribution in [2.45, 2.75) is 26.9 Å². The van der Waals surface area contributed by atoms with Gasteiger partial charge in [-0.3, -0.25) is 0 Å². The molecular formula is C20H23FN4O3. The number of H-pyrrole nitrogens is 1. The number of alkyl halides is 1. The summed E-state index contributed by atoms with van der Waals surface area (Å²) in [6.07, 6.45) is 0.636.